The lowest BCUT2D eigenvalue weighted by atomic mass is 10.1. The van der Waals surface area contributed by atoms with Crippen molar-refractivity contribution < 1.29 is 36.3 Å². The average molecular weight is 486 g/mol. The fourth-order valence-electron chi connectivity index (χ4n) is 2.87. The minimum Gasteiger partial charge on any atom is -0.449 e. The van der Waals surface area contributed by atoms with Crippen molar-refractivity contribution >= 4 is 37.3 Å². The second-order valence-corrected chi connectivity index (χ2v) is 12.0. The van der Waals surface area contributed by atoms with Crippen molar-refractivity contribution in [1.29, 1.82) is 0 Å². The Bertz CT molecular complexity index is 988. The number of nitrogens with zero attached hydrogens (tertiary/aromatic N) is 1. The van der Waals surface area contributed by atoms with Crippen LogP contribution in [0.3, 0.4) is 0 Å². The van der Waals surface area contributed by atoms with Crippen molar-refractivity contribution in [3.8, 4) is 0 Å². The van der Waals surface area contributed by atoms with Gasteiger partial charge in [-0.05, 0) is 38.8 Å². The molecule has 1 aromatic heterocycles. The Balaban J connectivity index is 2.06. The number of carbonyl (C=O) groups excluding carboxylic acids is 1. The monoisotopic (exact) mass is 485 g/mol. The van der Waals surface area contributed by atoms with Gasteiger partial charge in [0.15, 0.2) is 9.84 Å². The van der Waals surface area contributed by atoms with E-state index in [2.05, 4.69) is 10.2 Å². The summed E-state index contributed by atoms with van der Waals surface area (Å²) < 4.78 is 56.4. The van der Waals surface area contributed by atoms with Gasteiger partial charge in [-0.3, -0.25) is 0 Å². The number of amides is 1. The molecular weight excluding hydrogens is 462 g/mol. The van der Waals surface area contributed by atoms with Gasteiger partial charge in [0, 0.05) is 11.6 Å². The molecule has 1 aliphatic heterocycles. The Morgan fingerprint density at radius 3 is 2.67 bits per heavy atom. The predicted octanol–water partition coefficient (Wildman–Crippen LogP) is 1.37. The maximum Gasteiger partial charge on any atom is 0.421 e. The average Bonchev–Trinajstić information content (AvgIpc) is 3.10. The largest absolute Gasteiger partial charge is 0.449 e. The molecule has 1 unspecified atom stereocenters. The number of fused-ring (bicyclic) bond motifs is 1. The van der Waals surface area contributed by atoms with Crippen LogP contribution in [0, 0.1) is 10.1 Å². The highest BCUT2D eigenvalue weighted by molar-refractivity contribution is 7.95. The van der Waals surface area contributed by atoms with Crippen LogP contribution in [0.2, 0.25) is 0 Å². The SMILES string of the molecule is CCN[C@H]1CC(C)S(=O)(=O)c2sc(S(=O)(=O)NC(=O)OCCCCO[N+](=O)[O-])cc21. The van der Waals surface area contributed by atoms with E-state index < -0.39 is 36.3 Å². The minimum absolute atomic E-state index is 0.0215. The third-order valence-electron chi connectivity index (χ3n) is 4.34. The molecule has 2 heterocycles. The number of rotatable bonds is 10. The highest BCUT2D eigenvalue weighted by Crippen LogP contribution is 2.42. The number of hydrogen-bond acceptors (Lipinski definition) is 11. The lowest BCUT2D eigenvalue weighted by Gasteiger charge is -2.27. The number of ether oxygens (including phenoxy) is 1. The molecule has 1 aromatic rings. The van der Waals surface area contributed by atoms with Gasteiger partial charge in [-0.25, -0.2) is 26.4 Å². The maximum absolute atomic E-state index is 12.6. The lowest BCUT2D eigenvalue weighted by Crippen LogP contribution is -2.33. The van der Waals surface area contributed by atoms with Crippen LogP contribution in [0.25, 0.3) is 0 Å². The smallest absolute Gasteiger partial charge is 0.421 e. The normalized spacial score (nSPS) is 20.2. The van der Waals surface area contributed by atoms with Crippen molar-refractivity contribution in [2.75, 3.05) is 19.8 Å². The first-order chi connectivity index (χ1) is 14.0. The molecule has 0 radical (unpaired) electrons. The first-order valence-corrected chi connectivity index (χ1v) is 12.9. The van der Waals surface area contributed by atoms with Crippen molar-refractivity contribution in [2.24, 2.45) is 0 Å². The number of carbonyl (C=O) groups is 1. The van der Waals surface area contributed by atoms with Crippen LogP contribution in [-0.2, 0) is 29.4 Å². The number of unbranched alkanes of at least 4 members (excludes halogenated alkanes) is 1. The number of sulfone groups is 1. The van der Waals surface area contributed by atoms with Gasteiger partial charge < -0.3 is 14.9 Å². The van der Waals surface area contributed by atoms with Crippen molar-refractivity contribution in [2.45, 2.75) is 52.8 Å². The van der Waals surface area contributed by atoms with Crippen LogP contribution in [0.1, 0.15) is 44.7 Å². The van der Waals surface area contributed by atoms with Crippen LogP contribution in [0.5, 0.6) is 0 Å². The zero-order chi connectivity index (χ0) is 22.5. The van der Waals surface area contributed by atoms with Gasteiger partial charge in [0.2, 0.25) is 0 Å². The predicted molar refractivity (Wildman–Crippen MR) is 106 cm³/mol. The van der Waals surface area contributed by atoms with E-state index in [1.54, 1.807) is 11.6 Å². The van der Waals surface area contributed by atoms with Crippen molar-refractivity contribution in [1.82, 2.24) is 10.0 Å². The lowest BCUT2D eigenvalue weighted by molar-refractivity contribution is -0.757. The fourth-order valence-corrected chi connectivity index (χ4v) is 7.76. The summed E-state index contributed by atoms with van der Waals surface area (Å²) in [6.45, 7) is 3.67. The van der Waals surface area contributed by atoms with Crippen LogP contribution >= 0.6 is 11.3 Å². The summed E-state index contributed by atoms with van der Waals surface area (Å²) in [6, 6.07) is 0.957. The van der Waals surface area contributed by atoms with Crippen LogP contribution in [0.15, 0.2) is 14.5 Å². The summed E-state index contributed by atoms with van der Waals surface area (Å²) in [5, 5.41) is 11.5. The quantitative estimate of drug-likeness (QED) is 0.280. The summed E-state index contributed by atoms with van der Waals surface area (Å²) in [6.07, 6.45) is -0.444. The zero-order valence-corrected chi connectivity index (χ0v) is 18.8. The molecule has 30 heavy (non-hydrogen) atoms. The van der Waals surface area contributed by atoms with Gasteiger partial charge in [-0.15, -0.1) is 21.5 Å². The Morgan fingerprint density at radius 1 is 1.37 bits per heavy atom. The highest BCUT2D eigenvalue weighted by atomic mass is 32.3. The van der Waals surface area contributed by atoms with Crippen molar-refractivity contribution in [3.05, 3.63) is 21.7 Å². The number of nitrogens with one attached hydrogen (secondary N) is 2. The number of hydrogen-bond donors (Lipinski definition) is 2. The highest BCUT2D eigenvalue weighted by Gasteiger charge is 2.39. The molecule has 0 spiro atoms. The minimum atomic E-state index is -4.33. The van der Waals surface area contributed by atoms with Crippen molar-refractivity contribution in [3.63, 3.8) is 0 Å². The Morgan fingerprint density at radius 2 is 2.03 bits per heavy atom. The molecular formula is C15H23N3O9S3. The molecule has 12 nitrogen and oxygen atoms in total. The summed E-state index contributed by atoms with van der Waals surface area (Å²) in [5.41, 5.74) is 0.375. The molecule has 0 saturated heterocycles. The number of sulfonamides is 1. The maximum atomic E-state index is 12.6. The first-order valence-electron chi connectivity index (χ1n) is 9.07. The Hall–Kier alpha value is -1.97. The number of thiophene rings is 1. The van der Waals surface area contributed by atoms with Gasteiger partial charge >= 0.3 is 6.09 Å². The second kappa shape index (κ2) is 9.89. The van der Waals surface area contributed by atoms with Gasteiger partial charge in [0.1, 0.15) is 8.42 Å². The Kier molecular flexibility index (Phi) is 8.01. The van der Waals surface area contributed by atoms with Crippen LogP contribution in [-0.4, -0.2) is 53.0 Å². The zero-order valence-electron chi connectivity index (χ0n) is 16.3. The summed E-state index contributed by atoms with van der Waals surface area (Å²) in [4.78, 5) is 25.9. The third-order valence-corrected chi connectivity index (χ3v) is 10.0. The van der Waals surface area contributed by atoms with E-state index in [-0.39, 0.29) is 40.5 Å². The Labute approximate surface area is 178 Å². The molecule has 1 aliphatic rings. The van der Waals surface area contributed by atoms with E-state index in [1.165, 1.54) is 6.07 Å². The topological polar surface area (TPSA) is 171 Å². The first kappa shape index (κ1) is 24.3. The van der Waals surface area contributed by atoms with Crippen LogP contribution < -0.4 is 10.0 Å². The molecule has 170 valence electrons. The standard InChI is InChI=1S/C15H23N3O9S3/c1-3-16-12-8-10(2)29(22,23)14-11(12)9-13(28-14)30(24,25)17-15(19)26-6-4-5-7-27-18(20)21/h9-10,12,16H,3-8H2,1-2H3,(H,17,19)/t10?,12-/m0/s1. The van der Waals surface area contributed by atoms with E-state index in [1.807, 2.05) is 6.92 Å². The summed E-state index contributed by atoms with van der Waals surface area (Å²) in [7, 11) is -7.99. The van der Waals surface area contributed by atoms with E-state index in [0.29, 0.717) is 29.9 Å². The molecule has 0 saturated carbocycles. The molecule has 0 aliphatic carbocycles. The summed E-state index contributed by atoms with van der Waals surface area (Å²) in [5.74, 6) is 0. The van der Waals surface area contributed by atoms with E-state index in [9.17, 15) is 31.7 Å². The third kappa shape index (κ3) is 5.80. The fraction of sp³-hybridized carbons (Fsp3) is 0.667. The van der Waals surface area contributed by atoms with Gasteiger partial charge in [0.25, 0.3) is 15.1 Å². The van der Waals surface area contributed by atoms with Gasteiger partial charge in [0.05, 0.1) is 18.5 Å². The van der Waals surface area contributed by atoms with E-state index in [0.717, 1.165) is 0 Å². The molecule has 0 aromatic carbocycles. The van der Waals surface area contributed by atoms with E-state index in [4.69, 9.17) is 4.74 Å². The van der Waals surface area contributed by atoms with Gasteiger partial charge in [-0.2, -0.15) is 0 Å². The summed E-state index contributed by atoms with van der Waals surface area (Å²) >= 11 is 0.596. The van der Waals surface area contributed by atoms with E-state index >= 15 is 0 Å². The molecule has 15 heteroatoms. The molecule has 2 atom stereocenters. The molecule has 2 rings (SSSR count). The second-order valence-electron chi connectivity index (χ2n) is 6.52. The van der Waals surface area contributed by atoms with Crippen LogP contribution in [0.4, 0.5) is 4.79 Å². The molecule has 0 bridgehead atoms. The van der Waals surface area contributed by atoms with Gasteiger partial charge in [-0.1, -0.05) is 6.92 Å². The molecule has 2 N–H and O–H groups in total. The molecule has 0 fully saturated rings. The molecule has 1 amide bonds.